The molecule has 2 nitrogen and oxygen atoms in total. The average molecular weight is 375 g/mol. The fraction of sp³-hybridized carbons (Fsp3) is 0.208. The van der Waals surface area contributed by atoms with Crippen LogP contribution in [0.15, 0.2) is 69.5 Å². The summed E-state index contributed by atoms with van der Waals surface area (Å²) in [5.74, 6) is 0. The smallest absolute Gasteiger partial charge is 0.0580 e. The van der Waals surface area contributed by atoms with E-state index < -0.39 is 10.0 Å². The number of hydrogen-bond acceptors (Lipinski definition) is 2. The lowest BCUT2D eigenvalue weighted by Gasteiger charge is -2.44. The summed E-state index contributed by atoms with van der Waals surface area (Å²) in [5, 5.41) is 8.39. The van der Waals surface area contributed by atoms with Crippen molar-refractivity contribution >= 4 is 27.0 Å². The number of fused-ring (bicyclic) bond motifs is 2. The predicted molar refractivity (Wildman–Crippen MR) is 120 cm³/mol. The quantitative estimate of drug-likeness (QED) is 0.592. The fourth-order valence-electron chi connectivity index (χ4n) is 4.03. The number of nitrogens with one attached hydrogen (secondary N) is 1. The van der Waals surface area contributed by atoms with Gasteiger partial charge in [-0.1, -0.05) is 24.3 Å². The number of hydrogen-bond donors (Lipinski definition) is 2. The highest BCUT2D eigenvalue weighted by molar-refractivity contribution is 8.36. The number of anilines is 1. The summed E-state index contributed by atoms with van der Waals surface area (Å²) in [7, 11) is -1.25. The molecule has 0 atom stereocenters. The molecule has 2 aliphatic rings. The molecule has 0 aromatic heterocycles. The molecule has 1 heterocycles. The molecule has 0 fully saturated rings. The zero-order valence-electron chi connectivity index (χ0n) is 16.6. The summed E-state index contributed by atoms with van der Waals surface area (Å²) >= 11 is 0. The van der Waals surface area contributed by atoms with Gasteiger partial charge in [0.1, 0.15) is 0 Å². The highest BCUT2D eigenvalue weighted by Gasteiger charge is 2.36. The van der Waals surface area contributed by atoms with Gasteiger partial charge in [0.25, 0.3) is 0 Å². The van der Waals surface area contributed by atoms with Crippen LogP contribution in [-0.4, -0.2) is 18.2 Å². The van der Waals surface area contributed by atoms with E-state index in [1.54, 1.807) is 0 Å². The van der Waals surface area contributed by atoms with Crippen molar-refractivity contribution in [1.82, 2.24) is 0 Å². The van der Waals surface area contributed by atoms with Crippen LogP contribution in [0.4, 0.5) is 5.69 Å². The van der Waals surface area contributed by atoms with Gasteiger partial charge in [-0.2, -0.15) is 10.0 Å². The van der Waals surface area contributed by atoms with Gasteiger partial charge in [0.05, 0.1) is 5.71 Å². The van der Waals surface area contributed by atoms with Gasteiger partial charge in [-0.15, -0.1) is 0 Å². The summed E-state index contributed by atoms with van der Waals surface area (Å²) < 4.78 is 0. The maximum absolute atomic E-state index is 8.39. The van der Waals surface area contributed by atoms with Gasteiger partial charge < -0.3 is 11.1 Å². The van der Waals surface area contributed by atoms with Gasteiger partial charge in [0.2, 0.25) is 0 Å². The van der Waals surface area contributed by atoms with Crippen molar-refractivity contribution in [3.8, 4) is 0 Å². The second-order valence-electron chi connectivity index (χ2n) is 7.88. The van der Waals surface area contributed by atoms with E-state index in [-0.39, 0.29) is 0 Å². The topological polar surface area (TPSA) is 49.9 Å². The van der Waals surface area contributed by atoms with Gasteiger partial charge in [-0.3, -0.25) is 0 Å². The van der Waals surface area contributed by atoms with Crippen LogP contribution in [0, 0.1) is 19.3 Å². The minimum absolute atomic E-state index is 0.613. The van der Waals surface area contributed by atoms with Crippen molar-refractivity contribution in [2.45, 2.75) is 25.7 Å². The van der Waals surface area contributed by atoms with Crippen molar-refractivity contribution in [3.63, 3.8) is 0 Å². The number of aryl methyl sites for hydroxylation is 2. The third-order valence-corrected chi connectivity index (χ3v) is 8.62. The molecule has 1 aliphatic carbocycles. The Morgan fingerprint density at radius 3 is 2.30 bits per heavy atom. The van der Waals surface area contributed by atoms with E-state index in [2.05, 4.69) is 74.9 Å². The third-order valence-electron chi connectivity index (χ3n) is 5.75. The van der Waals surface area contributed by atoms with Crippen molar-refractivity contribution in [1.29, 1.82) is 5.41 Å². The molecule has 0 radical (unpaired) electrons. The van der Waals surface area contributed by atoms with E-state index in [0.29, 0.717) is 5.71 Å². The lowest BCUT2D eigenvalue weighted by molar-refractivity contribution is 1.27. The molecule has 0 spiro atoms. The molecule has 138 valence electrons. The lowest BCUT2D eigenvalue weighted by Crippen LogP contribution is -2.18. The molecule has 3 N–H and O–H groups in total. The van der Waals surface area contributed by atoms with Crippen molar-refractivity contribution in [2.75, 3.05) is 18.2 Å². The first-order valence-corrected chi connectivity index (χ1v) is 11.6. The summed E-state index contributed by atoms with van der Waals surface area (Å²) in [4.78, 5) is 2.60. The molecule has 0 saturated heterocycles. The second-order valence-corrected chi connectivity index (χ2v) is 11.4. The van der Waals surface area contributed by atoms with Crippen LogP contribution in [0.5, 0.6) is 0 Å². The molecule has 2 aromatic carbocycles. The summed E-state index contributed by atoms with van der Waals surface area (Å²) in [5.41, 5.74) is 16.3. The van der Waals surface area contributed by atoms with Crippen LogP contribution >= 0.6 is 10.0 Å². The Kier molecular flexibility index (Phi) is 3.97. The molecular formula is C24H26N2S. The Labute approximate surface area is 163 Å². The molecule has 1 aliphatic heterocycles. The van der Waals surface area contributed by atoms with E-state index in [4.69, 9.17) is 11.1 Å². The second kappa shape index (κ2) is 6.00. The van der Waals surface area contributed by atoms with Crippen LogP contribution in [0.25, 0.3) is 5.57 Å². The number of rotatable bonds is 1. The summed E-state index contributed by atoms with van der Waals surface area (Å²) in [6, 6.07) is 13.0. The van der Waals surface area contributed by atoms with Crippen LogP contribution in [0.2, 0.25) is 0 Å². The summed E-state index contributed by atoms with van der Waals surface area (Å²) in [6.45, 7) is 6.29. The minimum atomic E-state index is -1.25. The van der Waals surface area contributed by atoms with E-state index >= 15 is 0 Å². The maximum atomic E-state index is 8.39. The van der Waals surface area contributed by atoms with E-state index in [9.17, 15) is 0 Å². The predicted octanol–water partition coefficient (Wildman–Crippen LogP) is 5.99. The standard InChI is InChI=1S/C24H26N2S/c1-14-8-6-7-9-17(14)24-18-10-15(2)20(25)12-22(18)27(4,5)23-13-21(26)16(3)11-19(23)24/h6-13,25H,26H2,1-5H3. The van der Waals surface area contributed by atoms with Crippen molar-refractivity contribution < 1.29 is 0 Å². The van der Waals surface area contributed by atoms with Gasteiger partial charge >= 0.3 is 0 Å². The third kappa shape index (κ3) is 2.61. The average Bonchev–Trinajstić information content (AvgIpc) is 2.61. The summed E-state index contributed by atoms with van der Waals surface area (Å²) in [6.07, 6.45) is 8.94. The molecule has 3 heteroatoms. The number of allylic oxidation sites excluding steroid dienone is 4. The zero-order chi connectivity index (χ0) is 19.5. The monoisotopic (exact) mass is 374 g/mol. The number of nitrogen functional groups attached to an aromatic ring is 1. The minimum Gasteiger partial charge on any atom is -0.398 e. The van der Waals surface area contributed by atoms with E-state index in [0.717, 1.165) is 16.8 Å². The van der Waals surface area contributed by atoms with Crippen LogP contribution in [0.1, 0.15) is 29.2 Å². The SMILES string of the molecule is CC1=CC2=C(c3ccccc3C)c3cc(C)c(N)cc3S(C)(C)C2=CC1=N. The largest absolute Gasteiger partial charge is 0.398 e. The Morgan fingerprint density at radius 2 is 1.59 bits per heavy atom. The highest BCUT2D eigenvalue weighted by Crippen LogP contribution is 2.66. The molecule has 4 rings (SSSR count). The molecule has 2 aromatic rings. The first-order valence-electron chi connectivity index (χ1n) is 9.15. The Hall–Kier alpha value is -2.52. The van der Waals surface area contributed by atoms with Crippen molar-refractivity contribution in [2.24, 2.45) is 0 Å². The highest BCUT2D eigenvalue weighted by atomic mass is 32.3. The van der Waals surface area contributed by atoms with Gasteiger partial charge in [0, 0.05) is 15.5 Å². The Morgan fingerprint density at radius 1 is 0.889 bits per heavy atom. The first kappa shape index (κ1) is 17.9. The van der Waals surface area contributed by atoms with Crippen LogP contribution in [0.3, 0.4) is 0 Å². The number of nitrogens with two attached hydrogens (primary N) is 1. The molecular weight excluding hydrogens is 348 g/mol. The van der Waals surface area contributed by atoms with E-state index in [1.165, 1.54) is 37.6 Å². The molecule has 27 heavy (non-hydrogen) atoms. The fourth-order valence-corrected chi connectivity index (χ4v) is 6.53. The Balaban J connectivity index is 2.18. The first-order chi connectivity index (χ1) is 12.7. The number of benzene rings is 2. The normalized spacial score (nSPS) is 19.1. The van der Waals surface area contributed by atoms with Crippen LogP contribution < -0.4 is 5.73 Å². The van der Waals surface area contributed by atoms with Gasteiger partial charge in [-0.25, -0.2) is 0 Å². The Bertz CT molecular complexity index is 1100. The van der Waals surface area contributed by atoms with Crippen LogP contribution in [-0.2, 0) is 0 Å². The molecule has 0 amide bonds. The molecule has 0 saturated carbocycles. The van der Waals surface area contributed by atoms with Gasteiger partial charge in [0.15, 0.2) is 0 Å². The van der Waals surface area contributed by atoms with Crippen molar-refractivity contribution in [3.05, 3.63) is 86.9 Å². The van der Waals surface area contributed by atoms with Gasteiger partial charge in [-0.05, 0) is 96.5 Å². The molecule has 0 unspecified atom stereocenters. The zero-order valence-corrected chi connectivity index (χ0v) is 17.4. The maximum Gasteiger partial charge on any atom is 0.0580 e. The van der Waals surface area contributed by atoms with E-state index in [1.807, 2.05) is 6.92 Å². The molecule has 0 bridgehead atoms. The lowest BCUT2D eigenvalue weighted by atomic mass is 9.86.